The van der Waals surface area contributed by atoms with Crippen LogP contribution < -0.4 is 21.3 Å². The fraction of sp³-hybridized carbons (Fsp3) is 0.842. The highest BCUT2D eigenvalue weighted by Gasteiger charge is 2.42. The lowest BCUT2D eigenvalue weighted by atomic mass is 10.0. The molecule has 0 aliphatic carbocycles. The third kappa shape index (κ3) is 9.22. The number of nitrogens with one attached hydrogen (secondary N) is 4. The highest BCUT2D eigenvalue weighted by molar-refractivity contribution is 8.00. The van der Waals surface area contributed by atoms with Crippen LogP contribution in [-0.2, 0) is 19.1 Å². The van der Waals surface area contributed by atoms with E-state index in [0.717, 1.165) is 25.0 Å². The first kappa shape index (κ1) is 23.8. The zero-order valence-electron chi connectivity index (χ0n) is 17.2. The lowest BCUT2D eigenvalue weighted by Crippen LogP contribution is -2.36. The van der Waals surface area contributed by atoms with Crippen molar-refractivity contribution in [1.82, 2.24) is 21.3 Å². The molecule has 0 saturated carbocycles. The molecule has 29 heavy (non-hydrogen) atoms. The summed E-state index contributed by atoms with van der Waals surface area (Å²) in [5, 5.41) is 12.0. The normalized spacial score (nSPS) is 22.7. The molecule has 2 rings (SSSR count). The summed E-state index contributed by atoms with van der Waals surface area (Å²) in [5.74, 6) is 1.03. The first-order valence-corrected chi connectivity index (χ1v) is 11.5. The first-order valence-electron chi connectivity index (χ1n) is 10.5. The molecule has 9 nitrogen and oxygen atoms in total. The smallest absolute Gasteiger partial charge is 0.315 e. The number of amides is 4. The minimum atomic E-state index is -0.0565. The number of thioether (sulfide) groups is 1. The van der Waals surface area contributed by atoms with Gasteiger partial charge >= 0.3 is 6.03 Å². The topological polar surface area (TPSA) is 118 Å². The SMILES string of the molecule is CCC(=O)NCCOCCOCCNC(=O)CCCCC1SCC2NC(=O)NC21. The van der Waals surface area contributed by atoms with E-state index in [-0.39, 0.29) is 29.9 Å². The van der Waals surface area contributed by atoms with Crippen molar-refractivity contribution in [2.75, 3.05) is 45.3 Å². The van der Waals surface area contributed by atoms with Crippen LogP contribution in [0.1, 0.15) is 39.0 Å². The quantitative estimate of drug-likeness (QED) is 0.221. The maximum atomic E-state index is 11.9. The van der Waals surface area contributed by atoms with Crippen LogP contribution in [0.2, 0.25) is 0 Å². The molecular formula is C19H34N4O5S. The molecule has 2 saturated heterocycles. The van der Waals surface area contributed by atoms with Gasteiger partial charge in [0.05, 0.1) is 38.5 Å². The number of hydrogen-bond donors (Lipinski definition) is 4. The van der Waals surface area contributed by atoms with Gasteiger partial charge in [-0.1, -0.05) is 13.3 Å². The molecule has 4 N–H and O–H groups in total. The molecule has 0 aromatic heterocycles. The van der Waals surface area contributed by atoms with E-state index < -0.39 is 0 Å². The summed E-state index contributed by atoms with van der Waals surface area (Å²) in [6, 6.07) is 0.435. The second-order valence-corrected chi connectivity index (χ2v) is 8.42. The van der Waals surface area contributed by atoms with Crippen molar-refractivity contribution in [2.45, 2.75) is 56.4 Å². The van der Waals surface area contributed by atoms with Crippen molar-refractivity contribution in [3.8, 4) is 0 Å². The van der Waals surface area contributed by atoms with Crippen LogP contribution in [0.15, 0.2) is 0 Å². The summed E-state index contributed by atoms with van der Waals surface area (Å²) >= 11 is 1.90. The number of hydrogen-bond acceptors (Lipinski definition) is 6. The summed E-state index contributed by atoms with van der Waals surface area (Å²) in [4.78, 5) is 34.2. The van der Waals surface area contributed by atoms with Gasteiger partial charge in [-0.2, -0.15) is 11.8 Å². The van der Waals surface area contributed by atoms with Gasteiger partial charge in [0.15, 0.2) is 0 Å². The van der Waals surface area contributed by atoms with Crippen molar-refractivity contribution in [2.24, 2.45) is 0 Å². The second kappa shape index (κ2) is 13.7. The molecule has 166 valence electrons. The van der Waals surface area contributed by atoms with Crippen molar-refractivity contribution in [1.29, 1.82) is 0 Å². The van der Waals surface area contributed by atoms with E-state index in [9.17, 15) is 14.4 Å². The molecule has 0 radical (unpaired) electrons. The zero-order valence-corrected chi connectivity index (χ0v) is 18.0. The number of carbonyl (C=O) groups excluding carboxylic acids is 3. The van der Waals surface area contributed by atoms with E-state index in [1.54, 1.807) is 0 Å². The molecule has 0 bridgehead atoms. The minimum Gasteiger partial charge on any atom is -0.377 e. The lowest BCUT2D eigenvalue weighted by molar-refractivity contribution is -0.122. The molecule has 3 unspecified atom stereocenters. The van der Waals surface area contributed by atoms with E-state index in [4.69, 9.17) is 9.47 Å². The number of ether oxygens (including phenoxy) is 2. The number of urea groups is 1. The van der Waals surface area contributed by atoms with Crippen LogP contribution in [-0.4, -0.2) is 80.4 Å². The van der Waals surface area contributed by atoms with Crippen LogP contribution >= 0.6 is 11.8 Å². The summed E-state index contributed by atoms with van der Waals surface area (Å²) in [5.41, 5.74) is 0. The van der Waals surface area contributed by atoms with Crippen LogP contribution in [0, 0.1) is 0 Å². The number of fused-ring (bicyclic) bond motifs is 1. The molecule has 4 amide bonds. The van der Waals surface area contributed by atoms with Gasteiger partial charge in [0.2, 0.25) is 11.8 Å². The van der Waals surface area contributed by atoms with Gasteiger partial charge in [-0.3, -0.25) is 9.59 Å². The maximum absolute atomic E-state index is 11.9. The molecular weight excluding hydrogens is 396 g/mol. The number of carbonyl (C=O) groups is 3. The largest absolute Gasteiger partial charge is 0.377 e. The van der Waals surface area contributed by atoms with Gasteiger partial charge in [-0.25, -0.2) is 4.79 Å². The molecule has 2 fully saturated rings. The lowest BCUT2D eigenvalue weighted by Gasteiger charge is -2.16. The summed E-state index contributed by atoms with van der Waals surface area (Å²) in [7, 11) is 0. The molecule has 0 aromatic carbocycles. The van der Waals surface area contributed by atoms with E-state index >= 15 is 0 Å². The monoisotopic (exact) mass is 430 g/mol. The third-order valence-corrected chi connectivity index (χ3v) is 6.42. The number of unbranched alkanes of at least 4 members (excludes halogenated alkanes) is 1. The molecule has 3 atom stereocenters. The van der Waals surface area contributed by atoms with E-state index in [1.807, 2.05) is 18.7 Å². The highest BCUT2D eigenvalue weighted by atomic mass is 32.2. The van der Waals surface area contributed by atoms with Crippen molar-refractivity contribution < 1.29 is 23.9 Å². The van der Waals surface area contributed by atoms with Crippen molar-refractivity contribution in [3.05, 3.63) is 0 Å². The van der Waals surface area contributed by atoms with Gasteiger partial charge in [0.25, 0.3) is 0 Å². The van der Waals surface area contributed by atoms with Crippen LogP contribution in [0.5, 0.6) is 0 Å². The second-order valence-electron chi connectivity index (χ2n) is 7.15. The van der Waals surface area contributed by atoms with Gasteiger partial charge in [-0.05, 0) is 12.8 Å². The predicted molar refractivity (Wildman–Crippen MR) is 112 cm³/mol. The van der Waals surface area contributed by atoms with Gasteiger partial charge < -0.3 is 30.7 Å². The molecule has 0 spiro atoms. The Hall–Kier alpha value is -1.52. The standard InChI is InChI=1S/C19H34N4O5S/c1-2-16(24)20-7-9-27-11-12-28-10-8-21-17(25)6-4-3-5-15-18-14(13-29-15)22-19(26)23-18/h14-15,18H,2-13H2,1H3,(H,20,24)(H,21,25)(H2,22,23,26). The van der Waals surface area contributed by atoms with Crippen LogP contribution in [0.4, 0.5) is 4.79 Å². The molecule has 2 aliphatic rings. The van der Waals surface area contributed by atoms with E-state index in [1.165, 1.54) is 0 Å². The van der Waals surface area contributed by atoms with Crippen molar-refractivity contribution in [3.63, 3.8) is 0 Å². The van der Waals surface area contributed by atoms with Crippen LogP contribution in [0.3, 0.4) is 0 Å². The van der Waals surface area contributed by atoms with E-state index in [2.05, 4.69) is 21.3 Å². The summed E-state index contributed by atoms with van der Waals surface area (Å²) < 4.78 is 10.7. The Bertz CT molecular complexity index is 537. The molecule has 2 aliphatic heterocycles. The first-order chi connectivity index (χ1) is 14.1. The third-order valence-electron chi connectivity index (χ3n) is 4.91. The number of rotatable bonds is 15. The Morgan fingerprint density at radius 3 is 2.41 bits per heavy atom. The minimum absolute atomic E-state index is 0.0197. The zero-order chi connectivity index (χ0) is 20.9. The van der Waals surface area contributed by atoms with Crippen LogP contribution in [0.25, 0.3) is 0 Å². The molecule has 0 aromatic rings. The van der Waals surface area contributed by atoms with Gasteiger partial charge in [0, 0.05) is 36.9 Å². The van der Waals surface area contributed by atoms with E-state index in [0.29, 0.717) is 57.6 Å². The Balaban J connectivity index is 1.35. The summed E-state index contributed by atoms with van der Waals surface area (Å²) in [6.07, 6.45) is 3.85. The van der Waals surface area contributed by atoms with Gasteiger partial charge in [0.1, 0.15) is 0 Å². The summed E-state index contributed by atoms with van der Waals surface area (Å²) in [6.45, 7) is 4.66. The average Bonchev–Trinajstić information content (AvgIpc) is 3.25. The Labute approximate surface area is 176 Å². The maximum Gasteiger partial charge on any atom is 0.315 e. The fourth-order valence-electron chi connectivity index (χ4n) is 3.33. The highest BCUT2D eigenvalue weighted by Crippen LogP contribution is 2.33. The Morgan fingerprint density at radius 1 is 1.03 bits per heavy atom. The molecule has 2 heterocycles. The Kier molecular flexibility index (Phi) is 11.2. The predicted octanol–water partition coefficient (Wildman–Crippen LogP) is 0.388. The average molecular weight is 431 g/mol. The Morgan fingerprint density at radius 2 is 1.72 bits per heavy atom. The van der Waals surface area contributed by atoms with Crippen molar-refractivity contribution >= 4 is 29.6 Å². The molecule has 10 heteroatoms. The fourth-order valence-corrected chi connectivity index (χ4v) is 4.88. The van der Waals surface area contributed by atoms with Gasteiger partial charge in [-0.15, -0.1) is 0 Å².